The second-order valence-corrected chi connectivity index (χ2v) is 7.60. The monoisotopic (exact) mass is 464 g/mol. The molecule has 7 nitrogen and oxygen atoms in total. The molecule has 0 bridgehead atoms. The Labute approximate surface area is 185 Å². The summed E-state index contributed by atoms with van der Waals surface area (Å²) >= 11 is 0. The minimum atomic E-state index is -4.51. The summed E-state index contributed by atoms with van der Waals surface area (Å²) in [6, 6.07) is 9.78. The molecule has 0 atom stereocenters. The second-order valence-electron chi connectivity index (χ2n) is 7.60. The first kappa shape index (κ1) is 22.6. The van der Waals surface area contributed by atoms with Crippen LogP contribution in [-0.2, 0) is 17.5 Å². The van der Waals surface area contributed by atoms with E-state index in [1.54, 1.807) is 0 Å². The molecule has 0 saturated heterocycles. The minimum Gasteiger partial charge on any atom is -0.484 e. The van der Waals surface area contributed by atoms with E-state index in [9.17, 15) is 27.2 Å². The van der Waals surface area contributed by atoms with Gasteiger partial charge in [0.1, 0.15) is 11.6 Å². The fourth-order valence-electron chi connectivity index (χ4n) is 3.29. The first-order valence-corrected chi connectivity index (χ1v) is 10.2. The van der Waals surface area contributed by atoms with Gasteiger partial charge in [-0.15, -0.1) is 5.10 Å². The van der Waals surface area contributed by atoms with Crippen molar-refractivity contribution in [2.45, 2.75) is 31.6 Å². The fourth-order valence-corrected chi connectivity index (χ4v) is 3.29. The molecule has 3 aromatic rings. The van der Waals surface area contributed by atoms with Crippen LogP contribution >= 0.6 is 0 Å². The lowest BCUT2D eigenvalue weighted by molar-refractivity contribution is -0.137. The average Bonchev–Trinajstić information content (AvgIpc) is 3.56. The number of nitrogens with zero attached hydrogens (tertiary/aromatic N) is 3. The van der Waals surface area contributed by atoms with Gasteiger partial charge in [-0.1, -0.05) is 12.1 Å². The topological polar surface area (TPSA) is 78.2 Å². The van der Waals surface area contributed by atoms with E-state index in [0.717, 1.165) is 29.7 Å². The maximum Gasteiger partial charge on any atom is 0.416 e. The second kappa shape index (κ2) is 9.08. The molecule has 11 heteroatoms. The van der Waals surface area contributed by atoms with Gasteiger partial charge in [0.25, 0.3) is 5.91 Å². The molecule has 1 aromatic heterocycles. The molecule has 1 aliphatic rings. The molecule has 1 fully saturated rings. The molecule has 1 heterocycles. The van der Waals surface area contributed by atoms with Crippen molar-refractivity contribution in [3.8, 4) is 17.1 Å². The van der Waals surface area contributed by atoms with Crippen LogP contribution in [0.5, 0.6) is 5.75 Å². The molecule has 2 aromatic carbocycles. The molecule has 0 radical (unpaired) electrons. The number of carbonyl (C=O) groups excluding carboxylic acids is 1. The van der Waals surface area contributed by atoms with E-state index in [2.05, 4.69) is 10.4 Å². The normalized spacial score (nSPS) is 13.7. The molecule has 1 saturated carbocycles. The highest BCUT2D eigenvalue weighted by atomic mass is 19.4. The zero-order valence-corrected chi connectivity index (χ0v) is 17.3. The Hall–Kier alpha value is -3.63. The predicted molar refractivity (Wildman–Crippen MR) is 110 cm³/mol. The first-order valence-electron chi connectivity index (χ1n) is 10.2. The Bertz CT molecular complexity index is 1200. The Morgan fingerprint density at radius 1 is 1.15 bits per heavy atom. The summed E-state index contributed by atoms with van der Waals surface area (Å²) < 4.78 is 60.0. The van der Waals surface area contributed by atoms with Crippen LogP contribution in [0.1, 0.15) is 24.4 Å². The molecule has 1 N–H and O–H groups in total. The van der Waals surface area contributed by atoms with E-state index >= 15 is 0 Å². The van der Waals surface area contributed by atoms with Crippen molar-refractivity contribution in [1.29, 1.82) is 0 Å². The van der Waals surface area contributed by atoms with Gasteiger partial charge in [0.15, 0.2) is 12.4 Å². The standard InChI is InChI=1S/C22H20F4N4O3/c23-16-4-8-18(9-5-16)33-13-19(31)27-10-11-29-21(32)30(17-6-7-17)20(28-29)14-2-1-3-15(12-14)22(24,25)26/h1-5,8-9,12,17H,6-7,10-11,13H2,(H,27,31). The van der Waals surface area contributed by atoms with Crippen LogP contribution in [0.15, 0.2) is 53.3 Å². The lowest BCUT2D eigenvalue weighted by Crippen LogP contribution is -2.34. The number of hydrogen-bond donors (Lipinski definition) is 1. The number of nitrogens with one attached hydrogen (secondary N) is 1. The lowest BCUT2D eigenvalue weighted by Gasteiger charge is -2.09. The number of alkyl halides is 3. The van der Waals surface area contributed by atoms with E-state index in [1.807, 2.05) is 0 Å². The van der Waals surface area contributed by atoms with Crippen molar-refractivity contribution < 1.29 is 27.1 Å². The van der Waals surface area contributed by atoms with Crippen molar-refractivity contribution in [3.05, 3.63) is 70.4 Å². The van der Waals surface area contributed by atoms with Crippen LogP contribution in [-0.4, -0.2) is 33.4 Å². The number of aromatic nitrogens is 3. The van der Waals surface area contributed by atoms with Gasteiger partial charge in [0.05, 0.1) is 12.1 Å². The van der Waals surface area contributed by atoms with Gasteiger partial charge in [-0.2, -0.15) is 13.2 Å². The summed E-state index contributed by atoms with van der Waals surface area (Å²) in [5.74, 6) is -0.379. The number of halogens is 4. The van der Waals surface area contributed by atoms with Crippen LogP contribution in [0.3, 0.4) is 0 Å². The highest BCUT2D eigenvalue weighted by Gasteiger charge is 2.33. The summed E-state index contributed by atoms with van der Waals surface area (Å²) in [6.07, 6.45) is -3.02. The van der Waals surface area contributed by atoms with E-state index in [-0.39, 0.29) is 37.1 Å². The van der Waals surface area contributed by atoms with Crippen molar-refractivity contribution in [1.82, 2.24) is 19.7 Å². The molecule has 0 aliphatic heterocycles. The van der Waals surface area contributed by atoms with Crippen molar-refractivity contribution in [2.75, 3.05) is 13.2 Å². The smallest absolute Gasteiger partial charge is 0.416 e. The Morgan fingerprint density at radius 2 is 1.88 bits per heavy atom. The molecule has 0 spiro atoms. The average molecular weight is 464 g/mol. The van der Waals surface area contributed by atoms with Crippen LogP contribution in [0.4, 0.5) is 17.6 Å². The van der Waals surface area contributed by atoms with Gasteiger partial charge in [-0.3, -0.25) is 9.36 Å². The summed E-state index contributed by atoms with van der Waals surface area (Å²) in [4.78, 5) is 24.8. The molecule has 33 heavy (non-hydrogen) atoms. The number of ether oxygens (including phenoxy) is 1. The van der Waals surface area contributed by atoms with Gasteiger partial charge in [0.2, 0.25) is 0 Å². The fraction of sp³-hybridized carbons (Fsp3) is 0.318. The molecule has 1 amide bonds. The van der Waals surface area contributed by atoms with Gasteiger partial charge in [-0.05, 0) is 49.2 Å². The number of amides is 1. The van der Waals surface area contributed by atoms with Crippen molar-refractivity contribution in [2.24, 2.45) is 0 Å². The van der Waals surface area contributed by atoms with Gasteiger partial charge < -0.3 is 10.1 Å². The molecular formula is C22H20F4N4O3. The number of hydrogen-bond acceptors (Lipinski definition) is 4. The van der Waals surface area contributed by atoms with Gasteiger partial charge >= 0.3 is 11.9 Å². The number of carbonyl (C=O) groups is 1. The third kappa shape index (κ3) is 5.41. The Morgan fingerprint density at radius 3 is 2.55 bits per heavy atom. The van der Waals surface area contributed by atoms with E-state index < -0.39 is 29.2 Å². The highest BCUT2D eigenvalue weighted by Crippen LogP contribution is 2.37. The van der Waals surface area contributed by atoms with Gasteiger partial charge in [0, 0.05) is 18.2 Å². The first-order chi connectivity index (χ1) is 15.7. The van der Waals surface area contributed by atoms with Crippen LogP contribution in [0, 0.1) is 5.82 Å². The highest BCUT2D eigenvalue weighted by molar-refractivity contribution is 5.77. The SMILES string of the molecule is O=C(COc1ccc(F)cc1)NCCn1nc(-c2cccc(C(F)(F)F)c2)n(C2CC2)c1=O. The summed E-state index contributed by atoms with van der Waals surface area (Å²) in [6.45, 7) is -0.200. The van der Waals surface area contributed by atoms with Crippen LogP contribution in [0.25, 0.3) is 11.4 Å². The van der Waals surface area contributed by atoms with Crippen molar-refractivity contribution >= 4 is 5.91 Å². The maximum atomic E-state index is 13.1. The molecule has 1 aliphatic carbocycles. The minimum absolute atomic E-state index is 0.0345. The quantitative estimate of drug-likeness (QED) is 0.519. The predicted octanol–water partition coefficient (Wildman–Crippen LogP) is 3.40. The van der Waals surface area contributed by atoms with Gasteiger partial charge in [-0.25, -0.2) is 13.9 Å². The molecule has 174 valence electrons. The van der Waals surface area contributed by atoms with Crippen LogP contribution in [0.2, 0.25) is 0 Å². The summed E-state index contributed by atoms with van der Waals surface area (Å²) in [5, 5.41) is 6.83. The molecular weight excluding hydrogens is 444 g/mol. The van der Waals surface area contributed by atoms with E-state index in [4.69, 9.17) is 4.74 Å². The third-order valence-electron chi connectivity index (χ3n) is 5.06. The number of rotatable bonds is 8. The molecule has 4 rings (SSSR count). The summed E-state index contributed by atoms with van der Waals surface area (Å²) in [5.41, 5.74) is -1.07. The Balaban J connectivity index is 1.42. The Kier molecular flexibility index (Phi) is 6.21. The lowest BCUT2D eigenvalue weighted by atomic mass is 10.1. The largest absolute Gasteiger partial charge is 0.484 e. The number of benzene rings is 2. The van der Waals surface area contributed by atoms with E-state index in [0.29, 0.717) is 5.75 Å². The zero-order chi connectivity index (χ0) is 23.6. The third-order valence-corrected chi connectivity index (χ3v) is 5.06. The maximum absolute atomic E-state index is 13.1. The zero-order valence-electron chi connectivity index (χ0n) is 17.3. The molecule has 0 unspecified atom stereocenters. The van der Waals surface area contributed by atoms with E-state index in [1.165, 1.54) is 41.0 Å². The summed E-state index contributed by atoms with van der Waals surface area (Å²) in [7, 11) is 0. The van der Waals surface area contributed by atoms with Crippen molar-refractivity contribution in [3.63, 3.8) is 0 Å². The van der Waals surface area contributed by atoms with Crippen LogP contribution < -0.4 is 15.7 Å².